The fourth-order valence-electron chi connectivity index (χ4n) is 11.4. The molecule has 5 aromatic rings. The Morgan fingerprint density at radius 3 is 1.99 bits per heavy atom. The average molecular weight is 1000 g/mol. The van der Waals surface area contributed by atoms with Crippen LogP contribution in [0.5, 0.6) is 5.75 Å². The minimum Gasteiger partial charge on any atom is -0.491 e. The smallest absolute Gasteiger partial charge is 0.329 e. The standard InChI is InChI=1S/C59H60N4O11/c1-38(40-20-10-7-11-21-40)60-58(70)62-47-32-27-39(19-18-26-45(54(66)71-2)55(67)72-3)37-46(47)59(57(62)69)48(53(65)61-33-16-5-4-6-17-34-61)50-56(68)74-51(42-24-14-9-15-25-42)49(41-22-12-8-13-23-41)63(50)52(59)43-28-30-44(31-29-43)73-36-35-64/h7-15,20-25,27-32,37-38,45,48-52,64H,4-6,16-17,26,33-36H2,1-3H3,(H,60,70)/t38-,48+,49+,50+,51-,52-,59+/m1/s1. The van der Waals surface area contributed by atoms with E-state index in [0.717, 1.165) is 49.5 Å². The zero-order valence-electron chi connectivity index (χ0n) is 41.7. The monoisotopic (exact) mass is 1000 g/mol. The van der Waals surface area contributed by atoms with E-state index in [1.165, 1.54) is 0 Å². The van der Waals surface area contributed by atoms with Crippen LogP contribution in [0.1, 0.15) is 103 Å². The summed E-state index contributed by atoms with van der Waals surface area (Å²) >= 11 is 0. The number of aliphatic hydroxyl groups excluding tert-OH is 1. The Bertz CT molecular complexity index is 2900. The Kier molecular flexibility index (Phi) is 15.6. The first-order valence-corrected chi connectivity index (χ1v) is 25.2. The number of carbonyl (C=O) groups excluding carboxylic acids is 6. The van der Waals surface area contributed by atoms with E-state index in [1.807, 2.05) is 103 Å². The van der Waals surface area contributed by atoms with Gasteiger partial charge >= 0.3 is 23.9 Å². The van der Waals surface area contributed by atoms with Gasteiger partial charge in [0.2, 0.25) is 11.8 Å². The van der Waals surface area contributed by atoms with Gasteiger partial charge < -0.3 is 34.3 Å². The summed E-state index contributed by atoms with van der Waals surface area (Å²) in [5.41, 5.74) is 1.51. The van der Waals surface area contributed by atoms with Crippen molar-refractivity contribution in [3.05, 3.63) is 167 Å². The van der Waals surface area contributed by atoms with Gasteiger partial charge in [-0.25, -0.2) is 9.69 Å². The lowest BCUT2D eigenvalue weighted by molar-refractivity contribution is -0.179. The molecular weight excluding hydrogens is 941 g/mol. The maximum absolute atomic E-state index is 16.9. The van der Waals surface area contributed by atoms with Crippen LogP contribution in [0.4, 0.5) is 10.5 Å². The van der Waals surface area contributed by atoms with Gasteiger partial charge in [-0.1, -0.05) is 134 Å². The molecule has 4 heterocycles. The lowest BCUT2D eigenvalue weighted by atomic mass is 9.64. The quantitative estimate of drug-likeness (QED) is 0.0539. The number of nitrogens with one attached hydrogen (secondary N) is 1. The van der Waals surface area contributed by atoms with Gasteiger partial charge in [-0.3, -0.25) is 28.9 Å². The molecule has 382 valence electrons. The average Bonchev–Trinajstić information content (AvgIpc) is 3.88. The Morgan fingerprint density at radius 2 is 1.36 bits per heavy atom. The topological polar surface area (TPSA) is 181 Å². The summed E-state index contributed by atoms with van der Waals surface area (Å²) in [5.74, 6) is 0.133. The van der Waals surface area contributed by atoms with Crippen LogP contribution in [0.15, 0.2) is 133 Å². The maximum Gasteiger partial charge on any atom is 0.329 e. The van der Waals surface area contributed by atoms with Gasteiger partial charge in [-0.05, 0) is 77.9 Å². The Labute approximate surface area is 430 Å². The van der Waals surface area contributed by atoms with E-state index >= 15 is 19.2 Å². The number of hydrogen-bond donors (Lipinski definition) is 2. The first kappa shape index (κ1) is 51.1. The lowest BCUT2D eigenvalue weighted by Gasteiger charge is -2.46. The molecule has 4 aliphatic rings. The number of likely N-dealkylation sites (tertiary alicyclic amines) is 1. The van der Waals surface area contributed by atoms with Crippen molar-refractivity contribution in [3.63, 3.8) is 0 Å². The van der Waals surface area contributed by atoms with Gasteiger partial charge in [0, 0.05) is 25.1 Å². The highest BCUT2D eigenvalue weighted by Crippen LogP contribution is 2.66. The molecule has 0 saturated carbocycles. The highest BCUT2D eigenvalue weighted by atomic mass is 16.6. The molecule has 74 heavy (non-hydrogen) atoms. The summed E-state index contributed by atoms with van der Waals surface area (Å²) in [4.78, 5) is 94.4. The highest BCUT2D eigenvalue weighted by molar-refractivity contribution is 6.24. The minimum atomic E-state index is -2.05. The predicted molar refractivity (Wildman–Crippen MR) is 273 cm³/mol. The molecule has 3 fully saturated rings. The van der Waals surface area contributed by atoms with Crippen molar-refractivity contribution in [2.75, 3.05) is 45.4 Å². The number of ether oxygens (including phenoxy) is 4. The molecule has 0 bridgehead atoms. The Balaban J connectivity index is 1.33. The molecule has 3 saturated heterocycles. The normalized spacial score (nSPS) is 22.8. The number of methoxy groups -OCH3 is 2. The SMILES string of the molecule is COC(=O)C(CC#Cc1ccc2c(c1)[C@]1(C(=O)N2C(=O)N[C@H](C)c2ccccc2)[C@H](C(=O)N2CCCCCCC2)[C@H]2C(=O)O[C@H](c3ccccc3)[C@H](c3ccccc3)N2[C@@H]1c1ccc(OCCO)cc1)C(=O)OC. The van der Waals surface area contributed by atoms with Crippen LogP contribution in [0, 0.1) is 23.7 Å². The molecule has 0 aliphatic carbocycles. The Hall–Kier alpha value is -7.80. The maximum atomic E-state index is 16.9. The molecule has 4 aliphatic heterocycles. The van der Waals surface area contributed by atoms with Gasteiger partial charge in [0.1, 0.15) is 29.9 Å². The zero-order valence-corrected chi connectivity index (χ0v) is 41.7. The number of aliphatic hydroxyl groups is 1. The van der Waals surface area contributed by atoms with E-state index in [0.29, 0.717) is 48.4 Å². The highest BCUT2D eigenvalue weighted by Gasteiger charge is 2.76. The molecule has 4 amide bonds. The number of anilines is 1. The van der Waals surface area contributed by atoms with E-state index in [-0.39, 0.29) is 30.9 Å². The summed E-state index contributed by atoms with van der Waals surface area (Å²) in [6.45, 7) is 2.38. The van der Waals surface area contributed by atoms with E-state index in [2.05, 4.69) is 17.2 Å². The van der Waals surface area contributed by atoms with E-state index < -0.39 is 83.3 Å². The van der Waals surface area contributed by atoms with Crippen molar-refractivity contribution < 1.29 is 52.8 Å². The summed E-state index contributed by atoms with van der Waals surface area (Å²) in [6, 6.07) is 35.6. The van der Waals surface area contributed by atoms with Crippen LogP contribution in [0.25, 0.3) is 0 Å². The number of carbonyl (C=O) groups is 6. The molecule has 2 N–H and O–H groups in total. The molecule has 0 radical (unpaired) electrons. The molecule has 9 rings (SSSR count). The second kappa shape index (κ2) is 22.5. The first-order valence-electron chi connectivity index (χ1n) is 25.2. The number of esters is 3. The van der Waals surface area contributed by atoms with Gasteiger partial charge in [-0.2, -0.15) is 0 Å². The third-order valence-electron chi connectivity index (χ3n) is 14.8. The second-order valence-corrected chi connectivity index (χ2v) is 19.1. The molecule has 0 aromatic heterocycles. The molecule has 15 heteroatoms. The fourth-order valence-corrected chi connectivity index (χ4v) is 11.4. The van der Waals surface area contributed by atoms with Crippen LogP contribution >= 0.6 is 0 Å². The number of hydrogen-bond acceptors (Lipinski definition) is 12. The van der Waals surface area contributed by atoms with Crippen LogP contribution in [0.2, 0.25) is 0 Å². The van der Waals surface area contributed by atoms with Crippen molar-refractivity contribution in [1.82, 2.24) is 15.1 Å². The Morgan fingerprint density at radius 1 is 0.757 bits per heavy atom. The van der Waals surface area contributed by atoms with E-state index in [4.69, 9.17) is 18.9 Å². The number of benzene rings is 5. The summed E-state index contributed by atoms with van der Waals surface area (Å²) in [6.07, 6.45) is 3.02. The second-order valence-electron chi connectivity index (χ2n) is 19.1. The van der Waals surface area contributed by atoms with E-state index in [9.17, 15) is 14.7 Å². The largest absolute Gasteiger partial charge is 0.491 e. The van der Waals surface area contributed by atoms with Crippen LogP contribution in [-0.2, 0) is 43.6 Å². The molecule has 15 nitrogen and oxygen atoms in total. The third-order valence-corrected chi connectivity index (χ3v) is 14.8. The van der Waals surface area contributed by atoms with Gasteiger partial charge in [0.25, 0.3) is 0 Å². The number of fused-ring (bicyclic) bond motifs is 3. The van der Waals surface area contributed by atoms with Crippen molar-refractivity contribution in [1.29, 1.82) is 0 Å². The first-order chi connectivity index (χ1) is 36.0. The third kappa shape index (κ3) is 9.63. The number of nitrogens with zero attached hydrogens (tertiary/aromatic N) is 3. The van der Waals surface area contributed by atoms with Crippen molar-refractivity contribution in [2.45, 2.75) is 81.1 Å². The van der Waals surface area contributed by atoms with Crippen LogP contribution in [-0.4, -0.2) is 97.2 Å². The fraction of sp³-hybridized carbons (Fsp3) is 0.356. The number of urea groups is 1. The minimum absolute atomic E-state index is 0.0230. The summed E-state index contributed by atoms with van der Waals surface area (Å²) in [5, 5.41) is 12.7. The van der Waals surface area contributed by atoms with Crippen molar-refractivity contribution in [2.24, 2.45) is 11.8 Å². The van der Waals surface area contributed by atoms with Gasteiger partial charge in [-0.15, -0.1) is 0 Å². The molecule has 5 aromatic carbocycles. The number of imide groups is 1. The number of rotatable bonds is 12. The molecule has 1 spiro atoms. The van der Waals surface area contributed by atoms with E-state index in [1.54, 1.807) is 47.4 Å². The predicted octanol–water partition coefficient (Wildman–Crippen LogP) is 7.69. The van der Waals surface area contributed by atoms with Gasteiger partial charge in [0.15, 0.2) is 5.92 Å². The molecule has 0 unspecified atom stereocenters. The zero-order chi connectivity index (χ0) is 51.9. The van der Waals surface area contributed by atoms with Crippen molar-refractivity contribution >= 4 is 41.4 Å². The summed E-state index contributed by atoms with van der Waals surface area (Å²) < 4.78 is 22.3. The van der Waals surface area contributed by atoms with Gasteiger partial charge in [0.05, 0.1) is 50.6 Å². The van der Waals surface area contributed by atoms with Crippen LogP contribution < -0.4 is 15.0 Å². The number of amides is 4. The summed E-state index contributed by atoms with van der Waals surface area (Å²) in [7, 11) is 2.33. The number of cyclic esters (lactones) is 1. The molecule has 7 atom stereocenters. The van der Waals surface area contributed by atoms with Crippen molar-refractivity contribution in [3.8, 4) is 17.6 Å². The molecular formula is C59H60N4O11. The van der Waals surface area contributed by atoms with Crippen LogP contribution in [0.3, 0.4) is 0 Å². The lowest BCUT2D eigenvalue weighted by Crippen LogP contribution is -2.57. The number of morpholine rings is 1.